The summed E-state index contributed by atoms with van der Waals surface area (Å²) >= 11 is 1.33. The van der Waals surface area contributed by atoms with Gasteiger partial charge in [0, 0.05) is 24.5 Å². The van der Waals surface area contributed by atoms with E-state index < -0.39 is 10.0 Å². The van der Waals surface area contributed by atoms with E-state index >= 15 is 0 Å². The van der Waals surface area contributed by atoms with Gasteiger partial charge in [-0.2, -0.15) is 4.31 Å². The summed E-state index contributed by atoms with van der Waals surface area (Å²) < 4.78 is 31.9. The normalized spacial score (nSPS) is 16.5. The number of anilines is 1. The molecule has 28 heavy (non-hydrogen) atoms. The Hall–Kier alpha value is -2.01. The highest BCUT2D eigenvalue weighted by molar-refractivity contribution is 8.00. The zero-order valence-corrected chi connectivity index (χ0v) is 17.3. The van der Waals surface area contributed by atoms with Crippen molar-refractivity contribution in [3.63, 3.8) is 0 Å². The van der Waals surface area contributed by atoms with Crippen molar-refractivity contribution in [2.75, 3.05) is 31.6 Å². The zero-order valence-electron chi connectivity index (χ0n) is 15.7. The van der Waals surface area contributed by atoms with E-state index in [-0.39, 0.29) is 16.1 Å². The molecule has 0 radical (unpaired) electrons. The van der Waals surface area contributed by atoms with Crippen molar-refractivity contribution in [2.24, 2.45) is 0 Å². The number of benzene rings is 1. The molecule has 1 atom stereocenters. The first-order valence-electron chi connectivity index (χ1n) is 8.80. The van der Waals surface area contributed by atoms with Crippen molar-refractivity contribution in [1.82, 2.24) is 14.3 Å². The highest BCUT2D eigenvalue weighted by atomic mass is 32.2. The van der Waals surface area contributed by atoms with Gasteiger partial charge in [0.05, 0.1) is 23.4 Å². The second kappa shape index (κ2) is 8.99. The third-order valence-electron chi connectivity index (χ3n) is 4.18. The van der Waals surface area contributed by atoms with Gasteiger partial charge < -0.3 is 10.1 Å². The Kier molecular flexibility index (Phi) is 6.65. The van der Waals surface area contributed by atoms with Gasteiger partial charge in [0.25, 0.3) is 0 Å². The zero-order chi connectivity index (χ0) is 20.1. The van der Waals surface area contributed by atoms with Crippen LogP contribution in [-0.4, -0.2) is 60.2 Å². The first-order chi connectivity index (χ1) is 13.4. The van der Waals surface area contributed by atoms with Crippen LogP contribution in [0.25, 0.3) is 0 Å². The average Bonchev–Trinajstić information content (AvgIpc) is 2.69. The lowest BCUT2D eigenvalue weighted by atomic mass is 10.3. The molecule has 10 heteroatoms. The third-order valence-corrected chi connectivity index (χ3v) is 7.12. The van der Waals surface area contributed by atoms with Crippen molar-refractivity contribution in [2.45, 2.75) is 29.0 Å². The lowest BCUT2D eigenvalue weighted by Gasteiger charge is -2.26. The molecule has 2 heterocycles. The summed E-state index contributed by atoms with van der Waals surface area (Å²) in [6.45, 7) is 5.14. The lowest BCUT2D eigenvalue weighted by molar-refractivity contribution is -0.115. The third kappa shape index (κ3) is 5.07. The number of carbonyl (C=O) groups excluding carboxylic acids is 1. The van der Waals surface area contributed by atoms with Gasteiger partial charge in [0.15, 0.2) is 0 Å². The summed E-state index contributed by atoms with van der Waals surface area (Å²) in [7, 11) is -3.55. The second-order valence-electron chi connectivity index (χ2n) is 6.29. The molecule has 3 rings (SSSR count). The number of morpholine rings is 1. The maximum atomic E-state index is 12.6. The lowest BCUT2D eigenvalue weighted by Crippen LogP contribution is -2.40. The Balaban J connectivity index is 1.62. The van der Waals surface area contributed by atoms with Gasteiger partial charge >= 0.3 is 0 Å². The molecule has 2 aromatic rings. The van der Waals surface area contributed by atoms with Gasteiger partial charge in [0.1, 0.15) is 11.4 Å². The van der Waals surface area contributed by atoms with E-state index in [0.29, 0.717) is 32.0 Å². The van der Waals surface area contributed by atoms with Gasteiger partial charge in [-0.3, -0.25) is 4.79 Å². The summed E-state index contributed by atoms with van der Waals surface area (Å²) in [5.74, 6) is -0.190. The smallest absolute Gasteiger partial charge is 0.243 e. The molecule has 1 aliphatic rings. The van der Waals surface area contributed by atoms with Crippen molar-refractivity contribution in [3.05, 3.63) is 42.4 Å². The maximum absolute atomic E-state index is 12.6. The number of sulfonamides is 1. The molecular formula is C18H22N4O4S2. The molecule has 8 nitrogen and oxygen atoms in total. The van der Waals surface area contributed by atoms with Gasteiger partial charge in [-0.15, -0.1) is 0 Å². The van der Waals surface area contributed by atoms with Crippen LogP contribution in [0.15, 0.2) is 46.6 Å². The Morgan fingerprint density at radius 2 is 1.89 bits per heavy atom. The number of nitrogens with zero attached hydrogens (tertiary/aromatic N) is 3. The van der Waals surface area contributed by atoms with Gasteiger partial charge in [-0.05, 0) is 44.2 Å². The van der Waals surface area contributed by atoms with Crippen LogP contribution in [0, 0.1) is 6.92 Å². The maximum Gasteiger partial charge on any atom is 0.243 e. The summed E-state index contributed by atoms with van der Waals surface area (Å²) in [6, 6.07) is 8.02. The Labute approximate surface area is 168 Å². The van der Waals surface area contributed by atoms with Crippen molar-refractivity contribution >= 4 is 33.4 Å². The topological polar surface area (TPSA) is 101 Å². The molecule has 1 aliphatic heterocycles. The van der Waals surface area contributed by atoms with Crippen LogP contribution in [0.5, 0.6) is 0 Å². The number of ether oxygens (including phenoxy) is 1. The number of hydrogen-bond donors (Lipinski definition) is 1. The quantitative estimate of drug-likeness (QED) is 0.561. The molecule has 1 aromatic heterocycles. The molecule has 1 aromatic carbocycles. The van der Waals surface area contributed by atoms with Crippen molar-refractivity contribution < 1.29 is 17.9 Å². The van der Waals surface area contributed by atoms with Gasteiger partial charge in [0.2, 0.25) is 15.9 Å². The fraction of sp³-hybridized carbons (Fsp3) is 0.389. The molecule has 0 bridgehead atoms. The highest BCUT2D eigenvalue weighted by Gasteiger charge is 2.26. The number of amides is 1. The van der Waals surface area contributed by atoms with E-state index in [9.17, 15) is 13.2 Å². The number of nitrogens with one attached hydrogen (secondary N) is 1. The predicted octanol–water partition coefficient (Wildman–Crippen LogP) is 1.93. The van der Waals surface area contributed by atoms with E-state index in [1.165, 1.54) is 34.5 Å². The van der Waals surface area contributed by atoms with Crippen LogP contribution in [0.1, 0.15) is 12.6 Å². The number of thioether (sulfide) groups is 1. The fourth-order valence-electron chi connectivity index (χ4n) is 2.62. The molecule has 0 saturated carbocycles. The monoisotopic (exact) mass is 422 g/mol. The van der Waals surface area contributed by atoms with Crippen LogP contribution in [0.2, 0.25) is 0 Å². The van der Waals surface area contributed by atoms with E-state index in [0.717, 1.165) is 10.7 Å². The molecule has 0 spiro atoms. The molecule has 1 amide bonds. The number of aryl methyl sites for hydroxylation is 1. The number of carbonyl (C=O) groups is 1. The second-order valence-corrected chi connectivity index (χ2v) is 9.59. The van der Waals surface area contributed by atoms with Gasteiger partial charge in [-0.25, -0.2) is 18.4 Å². The van der Waals surface area contributed by atoms with Crippen molar-refractivity contribution in [1.29, 1.82) is 0 Å². The molecule has 150 valence electrons. The summed E-state index contributed by atoms with van der Waals surface area (Å²) in [5, 5.41) is 3.16. The Bertz CT molecular complexity index is 929. The highest BCUT2D eigenvalue weighted by Crippen LogP contribution is 2.23. The SMILES string of the molecule is Cc1cc(SC(C)C(=O)Nc2ccc(S(=O)(=O)N3CCOCC3)cc2)ncn1. The molecule has 1 unspecified atom stereocenters. The van der Waals surface area contributed by atoms with Crippen molar-refractivity contribution in [3.8, 4) is 0 Å². The molecule has 1 fully saturated rings. The minimum Gasteiger partial charge on any atom is -0.379 e. The molecule has 1 N–H and O–H groups in total. The first kappa shape index (κ1) is 20.7. The minimum atomic E-state index is -3.55. The predicted molar refractivity (Wildman–Crippen MR) is 107 cm³/mol. The van der Waals surface area contributed by atoms with E-state index in [2.05, 4.69) is 15.3 Å². The van der Waals surface area contributed by atoms with E-state index in [1.807, 2.05) is 13.0 Å². The summed E-state index contributed by atoms with van der Waals surface area (Å²) in [5.41, 5.74) is 1.37. The molecule has 0 aliphatic carbocycles. The van der Waals surface area contributed by atoms with Gasteiger partial charge in [-0.1, -0.05) is 11.8 Å². The fourth-order valence-corrected chi connectivity index (χ4v) is 4.90. The van der Waals surface area contributed by atoms with Crippen LogP contribution >= 0.6 is 11.8 Å². The van der Waals surface area contributed by atoms with E-state index in [1.54, 1.807) is 19.1 Å². The largest absolute Gasteiger partial charge is 0.379 e. The van der Waals surface area contributed by atoms with Crippen LogP contribution < -0.4 is 5.32 Å². The summed E-state index contributed by atoms with van der Waals surface area (Å²) in [6.07, 6.45) is 1.47. The number of hydrogen-bond acceptors (Lipinski definition) is 7. The number of rotatable bonds is 6. The van der Waals surface area contributed by atoms with Crippen LogP contribution in [0.3, 0.4) is 0 Å². The van der Waals surface area contributed by atoms with E-state index in [4.69, 9.17) is 4.74 Å². The number of aromatic nitrogens is 2. The Morgan fingerprint density at radius 1 is 1.21 bits per heavy atom. The Morgan fingerprint density at radius 3 is 2.54 bits per heavy atom. The first-order valence-corrected chi connectivity index (χ1v) is 11.1. The molecular weight excluding hydrogens is 400 g/mol. The van der Waals surface area contributed by atoms with Crippen LogP contribution in [-0.2, 0) is 19.6 Å². The molecule has 1 saturated heterocycles. The summed E-state index contributed by atoms with van der Waals surface area (Å²) in [4.78, 5) is 20.8. The van der Waals surface area contributed by atoms with Crippen LogP contribution in [0.4, 0.5) is 5.69 Å². The average molecular weight is 423 g/mol. The standard InChI is InChI=1S/C18H22N4O4S2/c1-13-11-17(20-12-19-13)27-14(2)18(23)21-15-3-5-16(6-4-15)28(24,25)22-7-9-26-10-8-22/h3-6,11-12,14H,7-10H2,1-2H3,(H,21,23). The minimum absolute atomic E-state index is 0.190.